The van der Waals surface area contributed by atoms with Crippen LogP contribution in [0.2, 0.25) is 0 Å². The van der Waals surface area contributed by atoms with Gasteiger partial charge in [0, 0.05) is 24.9 Å². The molecule has 0 unspecified atom stereocenters. The predicted molar refractivity (Wildman–Crippen MR) is 101 cm³/mol. The zero-order chi connectivity index (χ0) is 19.7. The molecule has 1 aliphatic heterocycles. The van der Waals surface area contributed by atoms with Crippen LogP contribution in [0.4, 0.5) is 5.69 Å². The number of hydrogen-bond acceptors (Lipinski definition) is 7. The van der Waals surface area contributed by atoms with Crippen molar-refractivity contribution in [2.45, 2.75) is 37.5 Å². The molecule has 0 spiro atoms. The van der Waals surface area contributed by atoms with Gasteiger partial charge in [0.2, 0.25) is 0 Å². The fourth-order valence-corrected chi connectivity index (χ4v) is 3.49. The van der Waals surface area contributed by atoms with Gasteiger partial charge >= 0.3 is 5.97 Å². The number of carbonyl (C=O) groups excluding carboxylic acids is 1. The quantitative estimate of drug-likeness (QED) is 0.437. The molecule has 0 aliphatic carbocycles. The van der Waals surface area contributed by atoms with Gasteiger partial charge in [0.1, 0.15) is 11.9 Å². The van der Waals surface area contributed by atoms with Crippen molar-refractivity contribution in [1.82, 2.24) is 4.72 Å². The standard InChI is InChI=1S/C18H22N4O4S/c1-2-26-18(23)14(12-19)13-21-15-7-9-16(10-8-15)27(24,25)22-17-6-4-3-5-11-20-17/h7-10,13,21H,2-6,11H2,1H3,(H,20,22)/b14-13+. The third kappa shape index (κ3) is 6.11. The summed E-state index contributed by atoms with van der Waals surface area (Å²) in [5.41, 5.74) is 0.347. The van der Waals surface area contributed by atoms with Crippen LogP contribution in [0.15, 0.2) is 45.9 Å². The fourth-order valence-electron chi connectivity index (χ4n) is 2.40. The van der Waals surface area contributed by atoms with E-state index < -0.39 is 16.0 Å². The smallest absolute Gasteiger partial charge is 0.350 e. The molecule has 8 nitrogen and oxygen atoms in total. The summed E-state index contributed by atoms with van der Waals surface area (Å²) in [6, 6.07) is 7.71. The van der Waals surface area contributed by atoms with E-state index in [1.807, 2.05) is 0 Å². The van der Waals surface area contributed by atoms with Crippen molar-refractivity contribution in [2.75, 3.05) is 18.5 Å². The molecule has 2 rings (SSSR count). The molecule has 1 aliphatic rings. The molecule has 0 saturated carbocycles. The van der Waals surface area contributed by atoms with E-state index in [0.29, 0.717) is 24.5 Å². The summed E-state index contributed by atoms with van der Waals surface area (Å²) in [5.74, 6) is -0.231. The van der Waals surface area contributed by atoms with Crippen molar-refractivity contribution >= 4 is 27.5 Å². The summed E-state index contributed by atoms with van der Waals surface area (Å²) in [7, 11) is -3.70. The molecule has 0 radical (unpaired) electrons. The van der Waals surface area contributed by atoms with Crippen LogP contribution in [0.1, 0.15) is 32.6 Å². The SMILES string of the molecule is CCOC(=O)/C(C#N)=C/Nc1ccc(S(=O)(=O)NC2=NCCCCC2)cc1. The minimum Gasteiger partial charge on any atom is -0.462 e. The van der Waals surface area contributed by atoms with Gasteiger partial charge in [0.15, 0.2) is 5.57 Å². The first kappa shape index (κ1) is 20.5. The molecule has 0 bridgehead atoms. The lowest BCUT2D eigenvalue weighted by Crippen LogP contribution is -2.30. The van der Waals surface area contributed by atoms with Gasteiger partial charge in [-0.25, -0.2) is 13.2 Å². The minimum absolute atomic E-state index is 0.106. The second-order valence-corrected chi connectivity index (χ2v) is 7.49. The van der Waals surface area contributed by atoms with Crippen LogP contribution in [-0.4, -0.2) is 33.4 Å². The van der Waals surface area contributed by atoms with E-state index in [2.05, 4.69) is 15.0 Å². The molecule has 0 amide bonds. The maximum Gasteiger partial charge on any atom is 0.350 e. The molecule has 1 aromatic rings. The van der Waals surface area contributed by atoms with Gasteiger partial charge < -0.3 is 10.1 Å². The second kappa shape index (κ2) is 9.73. The Hall–Kier alpha value is -2.86. The van der Waals surface area contributed by atoms with E-state index in [0.717, 1.165) is 19.3 Å². The highest BCUT2D eigenvalue weighted by Crippen LogP contribution is 2.16. The van der Waals surface area contributed by atoms with Crippen LogP contribution >= 0.6 is 0 Å². The molecule has 0 saturated heterocycles. The van der Waals surface area contributed by atoms with E-state index in [1.165, 1.54) is 18.3 Å². The maximum absolute atomic E-state index is 12.5. The number of ether oxygens (including phenoxy) is 1. The Balaban J connectivity index is 2.06. The number of benzene rings is 1. The second-order valence-electron chi connectivity index (χ2n) is 5.80. The van der Waals surface area contributed by atoms with Crippen molar-refractivity contribution in [2.24, 2.45) is 4.99 Å². The predicted octanol–water partition coefficient (Wildman–Crippen LogP) is 2.32. The van der Waals surface area contributed by atoms with E-state index >= 15 is 0 Å². The maximum atomic E-state index is 12.5. The minimum atomic E-state index is -3.70. The fraction of sp³-hybridized carbons (Fsp3) is 0.389. The van der Waals surface area contributed by atoms with Crippen molar-refractivity contribution < 1.29 is 17.9 Å². The van der Waals surface area contributed by atoms with Crippen LogP contribution in [0.5, 0.6) is 0 Å². The Bertz CT molecular complexity index is 868. The Morgan fingerprint density at radius 1 is 1.30 bits per heavy atom. The van der Waals surface area contributed by atoms with Crippen LogP contribution in [-0.2, 0) is 19.6 Å². The van der Waals surface area contributed by atoms with Crippen LogP contribution in [0, 0.1) is 11.3 Å². The molecular weight excluding hydrogens is 368 g/mol. The summed E-state index contributed by atoms with van der Waals surface area (Å²) < 4.78 is 32.2. The lowest BCUT2D eigenvalue weighted by atomic mass is 10.2. The summed E-state index contributed by atoms with van der Waals surface area (Å²) in [5, 5.41) is 11.7. The van der Waals surface area contributed by atoms with Gasteiger partial charge in [-0.3, -0.25) is 9.71 Å². The van der Waals surface area contributed by atoms with E-state index in [4.69, 9.17) is 10.00 Å². The van der Waals surface area contributed by atoms with Gasteiger partial charge in [0.25, 0.3) is 10.0 Å². The zero-order valence-electron chi connectivity index (χ0n) is 15.1. The Morgan fingerprint density at radius 3 is 2.70 bits per heavy atom. The molecule has 9 heteroatoms. The number of rotatable bonds is 6. The van der Waals surface area contributed by atoms with E-state index in [1.54, 1.807) is 25.1 Å². The monoisotopic (exact) mass is 390 g/mol. The average molecular weight is 390 g/mol. The van der Waals surface area contributed by atoms with Gasteiger partial charge in [-0.2, -0.15) is 5.26 Å². The number of carbonyl (C=O) groups is 1. The van der Waals surface area contributed by atoms with E-state index in [-0.39, 0.29) is 17.1 Å². The summed E-state index contributed by atoms with van der Waals surface area (Å²) >= 11 is 0. The number of esters is 1. The number of aliphatic imine (C=N–C) groups is 1. The third-order valence-electron chi connectivity index (χ3n) is 3.79. The van der Waals surface area contributed by atoms with Gasteiger partial charge in [-0.05, 0) is 44.0 Å². The molecule has 0 fully saturated rings. The lowest BCUT2D eigenvalue weighted by Gasteiger charge is -2.10. The van der Waals surface area contributed by atoms with Crippen LogP contribution in [0.25, 0.3) is 0 Å². The van der Waals surface area contributed by atoms with Gasteiger partial charge in [-0.1, -0.05) is 6.42 Å². The molecule has 144 valence electrons. The average Bonchev–Trinajstić information content (AvgIpc) is 2.91. The first-order chi connectivity index (χ1) is 13.0. The molecular formula is C18H22N4O4S. The molecule has 27 heavy (non-hydrogen) atoms. The highest BCUT2D eigenvalue weighted by molar-refractivity contribution is 7.90. The number of nitrogens with zero attached hydrogens (tertiary/aromatic N) is 2. The first-order valence-corrected chi connectivity index (χ1v) is 10.1. The normalized spacial score (nSPS) is 15.1. The van der Waals surface area contributed by atoms with Gasteiger partial charge in [0.05, 0.1) is 11.5 Å². The Kier molecular flexibility index (Phi) is 7.37. The highest BCUT2D eigenvalue weighted by atomic mass is 32.2. The number of amidine groups is 1. The number of sulfonamides is 1. The Labute approximate surface area is 159 Å². The van der Waals surface area contributed by atoms with Crippen molar-refractivity contribution in [3.8, 4) is 6.07 Å². The van der Waals surface area contributed by atoms with Crippen molar-refractivity contribution in [3.05, 3.63) is 36.0 Å². The van der Waals surface area contributed by atoms with Crippen LogP contribution in [0.3, 0.4) is 0 Å². The zero-order valence-corrected chi connectivity index (χ0v) is 15.9. The summed E-state index contributed by atoms with van der Waals surface area (Å²) in [4.78, 5) is 15.9. The van der Waals surface area contributed by atoms with Crippen molar-refractivity contribution in [1.29, 1.82) is 5.26 Å². The summed E-state index contributed by atoms with van der Waals surface area (Å²) in [6.07, 6.45) is 4.77. The topological polar surface area (TPSA) is 121 Å². The number of nitriles is 1. The molecule has 1 aromatic carbocycles. The molecule has 0 aromatic heterocycles. The summed E-state index contributed by atoms with van der Waals surface area (Å²) in [6.45, 7) is 2.45. The molecule has 2 N–H and O–H groups in total. The number of nitrogens with one attached hydrogen (secondary N) is 2. The largest absolute Gasteiger partial charge is 0.462 e. The number of hydrogen-bond donors (Lipinski definition) is 2. The first-order valence-electron chi connectivity index (χ1n) is 8.66. The molecule has 1 heterocycles. The van der Waals surface area contributed by atoms with E-state index in [9.17, 15) is 13.2 Å². The van der Waals surface area contributed by atoms with Crippen LogP contribution < -0.4 is 10.0 Å². The third-order valence-corrected chi connectivity index (χ3v) is 5.19. The number of anilines is 1. The lowest BCUT2D eigenvalue weighted by molar-refractivity contribution is -0.138. The molecule has 0 atom stereocenters. The van der Waals surface area contributed by atoms with Gasteiger partial charge in [-0.15, -0.1) is 0 Å². The van der Waals surface area contributed by atoms with Crippen molar-refractivity contribution in [3.63, 3.8) is 0 Å². The highest BCUT2D eigenvalue weighted by Gasteiger charge is 2.17. The Morgan fingerprint density at radius 2 is 2.04 bits per heavy atom.